The topological polar surface area (TPSA) is 40.6 Å². The van der Waals surface area contributed by atoms with Crippen LogP contribution in [0, 0.1) is 0 Å². The number of benzene rings is 1. The van der Waals surface area contributed by atoms with E-state index in [1.165, 1.54) is 5.56 Å². The Labute approximate surface area is 133 Å². The summed E-state index contributed by atoms with van der Waals surface area (Å²) in [6.07, 6.45) is 1.38. The number of amides is 2. The lowest BCUT2D eigenvalue weighted by atomic mass is 10.0. The number of hydrogen-bond acceptors (Lipinski definition) is 2. The monoisotopic (exact) mass is 302 g/mol. The fourth-order valence-electron chi connectivity index (χ4n) is 2.79. The van der Waals surface area contributed by atoms with E-state index in [4.69, 9.17) is 0 Å². The van der Waals surface area contributed by atoms with Gasteiger partial charge >= 0.3 is 0 Å². The van der Waals surface area contributed by atoms with Crippen LogP contribution in [-0.4, -0.2) is 47.8 Å². The SMILES string of the molecule is CCC(=O)N1CCCN(C(=O)c2ccc(C(C)C)cc2)CC1. The zero-order chi connectivity index (χ0) is 16.1. The Bertz CT molecular complexity index is 522. The minimum absolute atomic E-state index is 0.0705. The van der Waals surface area contributed by atoms with E-state index in [-0.39, 0.29) is 11.8 Å². The lowest BCUT2D eigenvalue weighted by Crippen LogP contribution is -2.37. The molecule has 4 heteroatoms. The zero-order valence-corrected chi connectivity index (χ0v) is 13.8. The van der Waals surface area contributed by atoms with Crippen molar-refractivity contribution in [2.45, 2.75) is 39.5 Å². The average Bonchev–Trinajstić information content (AvgIpc) is 2.79. The third kappa shape index (κ3) is 3.87. The van der Waals surface area contributed by atoms with Crippen LogP contribution in [0.15, 0.2) is 24.3 Å². The Morgan fingerprint density at radius 2 is 1.59 bits per heavy atom. The maximum Gasteiger partial charge on any atom is 0.253 e. The largest absolute Gasteiger partial charge is 0.341 e. The first-order chi connectivity index (χ1) is 10.5. The summed E-state index contributed by atoms with van der Waals surface area (Å²) in [5, 5.41) is 0. The highest BCUT2D eigenvalue weighted by molar-refractivity contribution is 5.94. The van der Waals surface area contributed by atoms with Crippen LogP contribution in [0.2, 0.25) is 0 Å². The Morgan fingerprint density at radius 1 is 1.00 bits per heavy atom. The lowest BCUT2D eigenvalue weighted by molar-refractivity contribution is -0.130. The third-order valence-corrected chi connectivity index (χ3v) is 4.26. The Morgan fingerprint density at radius 3 is 2.18 bits per heavy atom. The smallest absolute Gasteiger partial charge is 0.253 e. The van der Waals surface area contributed by atoms with Gasteiger partial charge in [-0.3, -0.25) is 9.59 Å². The molecule has 120 valence electrons. The molecule has 1 heterocycles. The molecule has 0 aromatic heterocycles. The second kappa shape index (κ2) is 7.43. The Kier molecular flexibility index (Phi) is 5.58. The van der Waals surface area contributed by atoms with Gasteiger partial charge in [-0.25, -0.2) is 0 Å². The van der Waals surface area contributed by atoms with Gasteiger partial charge < -0.3 is 9.80 Å². The van der Waals surface area contributed by atoms with Crippen LogP contribution in [0.25, 0.3) is 0 Å². The van der Waals surface area contributed by atoms with Crippen LogP contribution in [0.1, 0.15) is 55.5 Å². The molecule has 0 atom stereocenters. The molecule has 1 aromatic rings. The first-order valence-electron chi connectivity index (χ1n) is 8.20. The maximum atomic E-state index is 12.6. The number of carbonyl (C=O) groups excluding carboxylic acids is 2. The molecule has 1 aliphatic rings. The fraction of sp³-hybridized carbons (Fsp3) is 0.556. The van der Waals surface area contributed by atoms with Crippen LogP contribution in [0.4, 0.5) is 0 Å². The van der Waals surface area contributed by atoms with Crippen LogP contribution in [0.3, 0.4) is 0 Å². The summed E-state index contributed by atoms with van der Waals surface area (Å²) >= 11 is 0. The minimum atomic E-state index is 0.0705. The van der Waals surface area contributed by atoms with E-state index in [1.807, 2.05) is 41.0 Å². The first-order valence-corrected chi connectivity index (χ1v) is 8.20. The van der Waals surface area contributed by atoms with Gasteiger partial charge in [0, 0.05) is 38.2 Å². The average molecular weight is 302 g/mol. The van der Waals surface area contributed by atoms with Gasteiger partial charge in [-0.1, -0.05) is 32.9 Å². The molecule has 1 fully saturated rings. The maximum absolute atomic E-state index is 12.6. The van der Waals surface area contributed by atoms with Gasteiger partial charge in [0.2, 0.25) is 5.91 Å². The molecule has 1 aliphatic heterocycles. The van der Waals surface area contributed by atoms with E-state index < -0.39 is 0 Å². The fourth-order valence-corrected chi connectivity index (χ4v) is 2.79. The molecule has 2 amide bonds. The highest BCUT2D eigenvalue weighted by Crippen LogP contribution is 2.16. The summed E-state index contributed by atoms with van der Waals surface area (Å²) in [4.78, 5) is 28.1. The van der Waals surface area contributed by atoms with E-state index in [0.717, 1.165) is 25.1 Å². The van der Waals surface area contributed by atoms with Gasteiger partial charge in [-0.2, -0.15) is 0 Å². The molecule has 0 saturated carbocycles. The van der Waals surface area contributed by atoms with Crippen LogP contribution < -0.4 is 0 Å². The normalized spacial score (nSPS) is 15.8. The predicted octanol–water partition coefficient (Wildman–Crippen LogP) is 2.89. The van der Waals surface area contributed by atoms with E-state index in [0.29, 0.717) is 25.4 Å². The minimum Gasteiger partial charge on any atom is -0.341 e. The third-order valence-electron chi connectivity index (χ3n) is 4.26. The van der Waals surface area contributed by atoms with E-state index in [2.05, 4.69) is 13.8 Å². The number of rotatable bonds is 3. The van der Waals surface area contributed by atoms with Crippen LogP contribution >= 0.6 is 0 Å². The van der Waals surface area contributed by atoms with Crippen molar-refractivity contribution in [2.24, 2.45) is 0 Å². The predicted molar refractivity (Wildman–Crippen MR) is 87.9 cm³/mol. The van der Waals surface area contributed by atoms with Crippen LogP contribution in [-0.2, 0) is 4.79 Å². The quantitative estimate of drug-likeness (QED) is 0.861. The van der Waals surface area contributed by atoms with E-state index in [9.17, 15) is 9.59 Å². The molecule has 0 spiro atoms. The van der Waals surface area contributed by atoms with Crippen LogP contribution in [0.5, 0.6) is 0 Å². The molecule has 0 N–H and O–H groups in total. The highest BCUT2D eigenvalue weighted by Gasteiger charge is 2.22. The first kappa shape index (κ1) is 16.5. The number of nitrogens with zero attached hydrogens (tertiary/aromatic N) is 2. The molecule has 1 saturated heterocycles. The van der Waals surface area contributed by atoms with Crippen molar-refractivity contribution in [1.82, 2.24) is 9.80 Å². The molecule has 2 rings (SSSR count). The molecule has 0 aliphatic carbocycles. The highest BCUT2D eigenvalue weighted by atomic mass is 16.2. The summed E-state index contributed by atoms with van der Waals surface area (Å²) in [5.74, 6) is 0.715. The zero-order valence-electron chi connectivity index (χ0n) is 13.8. The summed E-state index contributed by atoms with van der Waals surface area (Å²) in [7, 11) is 0. The van der Waals surface area contributed by atoms with Gasteiger partial charge in [0.05, 0.1) is 0 Å². The van der Waals surface area contributed by atoms with Crippen molar-refractivity contribution >= 4 is 11.8 Å². The van der Waals surface area contributed by atoms with Crippen molar-refractivity contribution in [2.75, 3.05) is 26.2 Å². The van der Waals surface area contributed by atoms with Gasteiger partial charge in [-0.15, -0.1) is 0 Å². The number of carbonyl (C=O) groups is 2. The van der Waals surface area contributed by atoms with Crippen molar-refractivity contribution in [3.8, 4) is 0 Å². The second-order valence-electron chi connectivity index (χ2n) is 6.16. The van der Waals surface area contributed by atoms with Gasteiger partial charge in [0.25, 0.3) is 5.91 Å². The van der Waals surface area contributed by atoms with Crippen molar-refractivity contribution in [1.29, 1.82) is 0 Å². The van der Waals surface area contributed by atoms with Gasteiger partial charge in [0.15, 0.2) is 0 Å². The molecular formula is C18H26N2O2. The molecule has 4 nitrogen and oxygen atoms in total. The van der Waals surface area contributed by atoms with E-state index >= 15 is 0 Å². The molecular weight excluding hydrogens is 276 g/mol. The Hall–Kier alpha value is -1.84. The van der Waals surface area contributed by atoms with Crippen molar-refractivity contribution in [3.05, 3.63) is 35.4 Å². The standard InChI is InChI=1S/C18H26N2O2/c1-4-17(21)19-10-5-11-20(13-12-19)18(22)16-8-6-15(7-9-16)14(2)3/h6-9,14H,4-5,10-13H2,1-3H3. The van der Waals surface area contributed by atoms with E-state index in [1.54, 1.807) is 0 Å². The molecule has 0 unspecified atom stereocenters. The molecule has 22 heavy (non-hydrogen) atoms. The molecule has 1 aromatic carbocycles. The summed E-state index contributed by atoms with van der Waals surface area (Å²) in [6, 6.07) is 7.89. The molecule has 0 radical (unpaired) electrons. The summed E-state index contributed by atoms with van der Waals surface area (Å²) in [6.45, 7) is 8.91. The van der Waals surface area contributed by atoms with Crippen molar-refractivity contribution < 1.29 is 9.59 Å². The Balaban J connectivity index is 2.02. The van der Waals surface area contributed by atoms with Gasteiger partial charge in [-0.05, 0) is 30.0 Å². The second-order valence-corrected chi connectivity index (χ2v) is 6.16. The van der Waals surface area contributed by atoms with Crippen molar-refractivity contribution in [3.63, 3.8) is 0 Å². The molecule has 0 bridgehead atoms. The van der Waals surface area contributed by atoms with Gasteiger partial charge in [0.1, 0.15) is 0 Å². The summed E-state index contributed by atoms with van der Waals surface area (Å²) < 4.78 is 0. The summed E-state index contributed by atoms with van der Waals surface area (Å²) in [5.41, 5.74) is 1.98. The lowest BCUT2D eigenvalue weighted by Gasteiger charge is -2.22. The number of hydrogen-bond donors (Lipinski definition) is 0.